The van der Waals surface area contributed by atoms with Gasteiger partial charge in [0.1, 0.15) is 0 Å². The van der Waals surface area contributed by atoms with E-state index in [4.69, 9.17) is 11.6 Å². The lowest BCUT2D eigenvalue weighted by atomic mass is 10.2. The number of benzene rings is 1. The maximum absolute atomic E-state index is 11.7. The number of nitrogens with one attached hydrogen (secondary N) is 1. The predicted molar refractivity (Wildman–Crippen MR) is 74.3 cm³/mol. The summed E-state index contributed by atoms with van der Waals surface area (Å²) < 4.78 is 23.4. The van der Waals surface area contributed by atoms with E-state index in [0.717, 1.165) is 24.3 Å². The minimum atomic E-state index is -2.88. The fraction of sp³-hybridized carbons (Fsp3) is 0.500. The Hall–Kier alpha value is -0.940. The van der Waals surface area contributed by atoms with Crippen LogP contribution in [0.3, 0.4) is 0 Å². The highest BCUT2D eigenvalue weighted by atomic mass is 35.5. The smallest absolute Gasteiger partial charge is 0.154 e. The standard InChI is InChI=1S/C12H15ClN2O2S/c13-9-1-2-12-11(7-9)14-4-3-10-8-18(16,17)6-5-15(10)12/h1-2,7,10,14H,3-6,8H2. The normalized spacial score (nSPS) is 25.6. The van der Waals surface area contributed by atoms with Gasteiger partial charge in [-0.15, -0.1) is 0 Å². The molecule has 18 heavy (non-hydrogen) atoms. The summed E-state index contributed by atoms with van der Waals surface area (Å²) in [6.45, 7) is 1.35. The molecule has 0 radical (unpaired) electrons. The average Bonchev–Trinajstić information content (AvgIpc) is 2.45. The van der Waals surface area contributed by atoms with Crippen LogP contribution in [0.15, 0.2) is 18.2 Å². The summed E-state index contributed by atoms with van der Waals surface area (Å²) in [6, 6.07) is 5.82. The first-order valence-electron chi connectivity index (χ1n) is 6.06. The van der Waals surface area contributed by atoms with Crippen LogP contribution in [0.4, 0.5) is 11.4 Å². The molecule has 98 valence electrons. The molecule has 1 fully saturated rings. The molecule has 3 rings (SSSR count). The molecule has 0 saturated carbocycles. The van der Waals surface area contributed by atoms with Crippen LogP contribution in [0.2, 0.25) is 5.02 Å². The van der Waals surface area contributed by atoms with Crippen LogP contribution >= 0.6 is 11.6 Å². The molecular weight excluding hydrogens is 272 g/mol. The number of sulfone groups is 1. The van der Waals surface area contributed by atoms with Crippen molar-refractivity contribution in [2.24, 2.45) is 0 Å². The van der Waals surface area contributed by atoms with Crippen LogP contribution < -0.4 is 10.2 Å². The zero-order valence-corrected chi connectivity index (χ0v) is 11.5. The van der Waals surface area contributed by atoms with Gasteiger partial charge in [-0.3, -0.25) is 0 Å². The van der Waals surface area contributed by atoms with Gasteiger partial charge in [-0.2, -0.15) is 0 Å². The van der Waals surface area contributed by atoms with E-state index in [9.17, 15) is 8.42 Å². The van der Waals surface area contributed by atoms with Gasteiger partial charge in [0, 0.05) is 24.2 Å². The molecule has 1 saturated heterocycles. The second-order valence-electron chi connectivity index (χ2n) is 4.84. The highest BCUT2D eigenvalue weighted by Crippen LogP contribution is 2.34. The van der Waals surface area contributed by atoms with E-state index >= 15 is 0 Å². The van der Waals surface area contributed by atoms with E-state index < -0.39 is 9.84 Å². The summed E-state index contributed by atoms with van der Waals surface area (Å²) in [5.74, 6) is 0.502. The van der Waals surface area contributed by atoms with Crippen molar-refractivity contribution in [1.29, 1.82) is 0 Å². The first kappa shape index (κ1) is 12.1. The lowest BCUT2D eigenvalue weighted by molar-refractivity contribution is 0.550. The summed E-state index contributed by atoms with van der Waals surface area (Å²) in [4.78, 5) is 2.20. The molecule has 1 aromatic rings. The van der Waals surface area contributed by atoms with Gasteiger partial charge >= 0.3 is 0 Å². The molecule has 1 atom stereocenters. The number of rotatable bonds is 0. The van der Waals surface area contributed by atoms with Crippen LogP contribution in [0.25, 0.3) is 0 Å². The Bertz CT molecular complexity index is 573. The minimum Gasteiger partial charge on any atom is -0.383 e. The first-order valence-corrected chi connectivity index (χ1v) is 8.26. The molecule has 1 aromatic carbocycles. The molecular formula is C12H15ClN2O2S. The average molecular weight is 287 g/mol. The van der Waals surface area contributed by atoms with E-state index in [2.05, 4.69) is 10.2 Å². The molecule has 4 nitrogen and oxygen atoms in total. The Morgan fingerprint density at radius 2 is 2.22 bits per heavy atom. The third-order valence-electron chi connectivity index (χ3n) is 3.59. The molecule has 0 amide bonds. The number of halogens is 1. The fourth-order valence-electron chi connectivity index (χ4n) is 2.72. The number of nitrogens with zero attached hydrogens (tertiary/aromatic N) is 1. The number of hydrogen-bond acceptors (Lipinski definition) is 4. The Morgan fingerprint density at radius 1 is 1.39 bits per heavy atom. The monoisotopic (exact) mass is 286 g/mol. The maximum atomic E-state index is 11.7. The van der Waals surface area contributed by atoms with Gasteiger partial charge in [0.25, 0.3) is 0 Å². The molecule has 0 aliphatic carbocycles. The van der Waals surface area contributed by atoms with E-state index in [1.54, 1.807) is 0 Å². The van der Waals surface area contributed by atoms with Crippen LogP contribution in [-0.4, -0.2) is 39.1 Å². The zero-order valence-electron chi connectivity index (χ0n) is 9.89. The van der Waals surface area contributed by atoms with Crippen LogP contribution in [0.5, 0.6) is 0 Å². The highest BCUT2D eigenvalue weighted by molar-refractivity contribution is 7.91. The largest absolute Gasteiger partial charge is 0.383 e. The molecule has 0 bridgehead atoms. The van der Waals surface area contributed by atoms with Gasteiger partial charge in [0.15, 0.2) is 9.84 Å². The van der Waals surface area contributed by atoms with Crippen molar-refractivity contribution in [2.45, 2.75) is 12.5 Å². The molecule has 2 aliphatic heterocycles. The fourth-order valence-corrected chi connectivity index (χ4v) is 4.46. The lowest BCUT2D eigenvalue weighted by Crippen LogP contribution is -2.48. The summed E-state index contributed by atoms with van der Waals surface area (Å²) >= 11 is 6.00. The van der Waals surface area contributed by atoms with Crippen LogP contribution in [0, 0.1) is 0 Å². The SMILES string of the molecule is O=S1(=O)CCN2c3ccc(Cl)cc3NCCC2C1. The van der Waals surface area contributed by atoms with Crippen molar-refractivity contribution >= 4 is 32.8 Å². The topological polar surface area (TPSA) is 49.4 Å². The van der Waals surface area contributed by atoms with Gasteiger partial charge in [-0.05, 0) is 24.6 Å². The minimum absolute atomic E-state index is 0.0821. The maximum Gasteiger partial charge on any atom is 0.154 e. The summed E-state index contributed by atoms with van der Waals surface area (Å²) in [6.07, 6.45) is 0.839. The molecule has 2 aliphatic rings. The molecule has 0 spiro atoms. The number of fused-ring (bicyclic) bond motifs is 3. The van der Waals surface area contributed by atoms with Gasteiger partial charge < -0.3 is 10.2 Å². The van der Waals surface area contributed by atoms with Crippen molar-refractivity contribution < 1.29 is 8.42 Å². The highest BCUT2D eigenvalue weighted by Gasteiger charge is 2.33. The van der Waals surface area contributed by atoms with Gasteiger partial charge in [0.2, 0.25) is 0 Å². The molecule has 2 heterocycles. The Labute approximate surface area is 112 Å². The summed E-state index contributed by atoms with van der Waals surface area (Å²) in [7, 11) is -2.88. The zero-order chi connectivity index (χ0) is 12.8. The van der Waals surface area contributed by atoms with E-state index in [0.29, 0.717) is 11.6 Å². The van der Waals surface area contributed by atoms with Gasteiger partial charge in [-0.1, -0.05) is 11.6 Å². The lowest BCUT2D eigenvalue weighted by Gasteiger charge is -2.36. The van der Waals surface area contributed by atoms with Crippen LogP contribution in [-0.2, 0) is 9.84 Å². The van der Waals surface area contributed by atoms with Crippen molar-refractivity contribution in [1.82, 2.24) is 0 Å². The molecule has 1 N–H and O–H groups in total. The number of hydrogen-bond donors (Lipinski definition) is 1. The first-order chi connectivity index (χ1) is 8.55. The van der Waals surface area contributed by atoms with Crippen LogP contribution in [0.1, 0.15) is 6.42 Å². The predicted octanol–water partition coefficient (Wildman–Crippen LogP) is 1.76. The Balaban J connectivity index is 2.00. The van der Waals surface area contributed by atoms with Crippen molar-refractivity contribution in [3.05, 3.63) is 23.2 Å². The van der Waals surface area contributed by atoms with E-state index in [1.165, 1.54) is 0 Å². The second-order valence-corrected chi connectivity index (χ2v) is 7.50. The van der Waals surface area contributed by atoms with Gasteiger partial charge in [0.05, 0.1) is 22.9 Å². The van der Waals surface area contributed by atoms with E-state index in [1.807, 2.05) is 18.2 Å². The van der Waals surface area contributed by atoms with Crippen molar-refractivity contribution in [3.63, 3.8) is 0 Å². The van der Waals surface area contributed by atoms with E-state index in [-0.39, 0.29) is 17.5 Å². The summed E-state index contributed by atoms with van der Waals surface area (Å²) in [5, 5.41) is 4.03. The molecule has 1 unspecified atom stereocenters. The second kappa shape index (κ2) is 4.31. The van der Waals surface area contributed by atoms with Crippen molar-refractivity contribution in [3.8, 4) is 0 Å². The Morgan fingerprint density at radius 3 is 3.06 bits per heavy atom. The Kier molecular flexibility index (Phi) is 2.90. The van der Waals surface area contributed by atoms with Gasteiger partial charge in [-0.25, -0.2) is 8.42 Å². The third kappa shape index (κ3) is 2.17. The number of anilines is 2. The summed E-state index contributed by atoms with van der Waals surface area (Å²) in [5.41, 5.74) is 2.07. The molecule has 0 aromatic heterocycles. The van der Waals surface area contributed by atoms with Crippen molar-refractivity contribution in [2.75, 3.05) is 34.8 Å². The quantitative estimate of drug-likeness (QED) is 0.789. The molecule has 6 heteroatoms. The third-order valence-corrected chi connectivity index (χ3v) is 5.52.